The third-order valence-electron chi connectivity index (χ3n) is 5.36. The highest BCUT2D eigenvalue weighted by Gasteiger charge is 2.34. The van der Waals surface area contributed by atoms with Gasteiger partial charge in [-0.2, -0.15) is 5.26 Å². The van der Waals surface area contributed by atoms with E-state index in [-0.39, 0.29) is 37.1 Å². The number of cyclic esters (lactones) is 1. The van der Waals surface area contributed by atoms with Crippen molar-refractivity contribution in [2.45, 2.75) is 12.5 Å². The molecule has 4 rings (SSSR count). The van der Waals surface area contributed by atoms with E-state index in [0.717, 1.165) is 0 Å². The van der Waals surface area contributed by atoms with Crippen LogP contribution in [0.4, 0.5) is 16.2 Å². The lowest BCUT2D eigenvalue weighted by Crippen LogP contribution is -2.42. The van der Waals surface area contributed by atoms with Crippen molar-refractivity contribution < 1.29 is 23.9 Å². The number of amides is 3. The Labute approximate surface area is 200 Å². The van der Waals surface area contributed by atoms with Crippen LogP contribution in [-0.2, 0) is 19.1 Å². The summed E-state index contributed by atoms with van der Waals surface area (Å²) in [4.78, 5) is 40.4. The lowest BCUT2D eigenvalue weighted by Gasteiger charge is -2.28. The lowest BCUT2D eigenvalue weighted by atomic mass is 10.0. The number of anilines is 2. The molecule has 1 aromatic carbocycles. The van der Waals surface area contributed by atoms with E-state index in [1.165, 1.54) is 15.9 Å². The van der Waals surface area contributed by atoms with Crippen LogP contribution < -0.4 is 15.1 Å². The molecule has 170 valence electrons. The predicted molar refractivity (Wildman–Crippen MR) is 124 cm³/mol. The van der Waals surface area contributed by atoms with E-state index in [2.05, 4.69) is 11.4 Å². The molecule has 2 aliphatic heterocycles. The summed E-state index contributed by atoms with van der Waals surface area (Å²) in [5.41, 5.74) is 1.51. The summed E-state index contributed by atoms with van der Waals surface area (Å²) in [5.74, 6) is -0.613. The van der Waals surface area contributed by atoms with Crippen LogP contribution in [0.1, 0.15) is 12.0 Å². The second-order valence-electron chi connectivity index (χ2n) is 7.51. The minimum Gasteiger partial charge on any atom is -0.442 e. The SMILES string of the molecule is N#Cc1cc(N2CC(CNC(=O)C3=CC(Cl)=CCC3=S)OC2=O)ccc1N1CCOCC1=O. The van der Waals surface area contributed by atoms with Crippen LogP contribution in [0.25, 0.3) is 0 Å². The molecular weight excluding hydrogens is 468 g/mol. The number of allylic oxidation sites excluding steroid dienone is 3. The molecule has 0 bridgehead atoms. The van der Waals surface area contributed by atoms with Crippen LogP contribution in [0.3, 0.4) is 0 Å². The molecule has 3 aliphatic rings. The quantitative estimate of drug-likeness (QED) is 0.635. The van der Waals surface area contributed by atoms with Gasteiger partial charge in [-0.3, -0.25) is 14.5 Å². The molecule has 1 unspecified atom stereocenters. The largest absolute Gasteiger partial charge is 0.442 e. The molecule has 0 saturated carbocycles. The number of morpholine rings is 1. The Hall–Kier alpha value is -3.26. The highest BCUT2D eigenvalue weighted by atomic mass is 35.5. The Balaban J connectivity index is 1.42. The van der Waals surface area contributed by atoms with Crippen molar-refractivity contribution in [3.63, 3.8) is 0 Å². The highest BCUT2D eigenvalue weighted by Crippen LogP contribution is 2.29. The third kappa shape index (κ3) is 4.90. The van der Waals surface area contributed by atoms with Crippen molar-refractivity contribution in [1.29, 1.82) is 5.26 Å². The second-order valence-corrected chi connectivity index (χ2v) is 8.44. The number of hydrogen-bond acceptors (Lipinski definition) is 7. The third-order valence-corrected chi connectivity index (χ3v) is 6.01. The maximum Gasteiger partial charge on any atom is 0.414 e. The average molecular weight is 487 g/mol. The number of hydrogen-bond donors (Lipinski definition) is 1. The van der Waals surface area contributed by atoms with Gasteiger partial charge in [-0.05, 0) is 24.3 Å². The zero-order valence-electron chi connectivity index (χ0n) is 17.4. The van der Waals surface area contributed by atoms with E-state index in [0.29, 0.717) is 46.4 Å². The number of ether oxygens (including phenoxy) is 2. The maximum absolute atomic E-state index is 12.5. The number of nitriles is 1. The molecule has 1 N–H and O–H groups in total. The van der Waals surface area contributed by atoms with Gasteiger partial charge < -0.3 is 19.7 Å². The van der Waals surface area contributed by atoms with E-state index in [4.69, 9.17) is 33.3 Å². The summed E-state index contributed by atoms with van der Waals surface area (Å²) in [6.45, 7) is 0.968. The number of carbonyl (C=O) groups excluding carboxylic acids is 3. The molecule has 3 amide bonds. The number of thiocarbonyl (C=S) groups is 1. The number of nitrogens with one attached hydrogen (secondary N) is 1. The second kappa shape index (κ2) is 9.70. The van der Waals surface area contributed by atoms with Gasteiger partial charge in [0.1, 0.15) is 18.8 Å². The number of benzene rings is 1. The van der Waals surface area contributed by atoms with Gasteiger partial charge in [0.25, 0.3) is 11.8 Å². The molecule has 33 heavy (non-hydrogen) atoms. The smallest absolute Gasteiger partial charge is 0.414 e. The summed E-state index contributed by atoms with van der Waals surface area (Å²) >= 11 is 11.2. The van der Waals surface area contributed by atoms with E-state index >= 15 is 0 Å². The molecule has 1 aliphatic carbocycles. The molecule has 0 spiro atoms. The first-order valence-corrected chi connectivity index (χ1v) is 10.9. The van der Waals surface area contributed by atoms with Gasteiger partial charge in [0.2, 0.25) is 0 Å². The van der Waals surface area contributed by atoms with Crippen molar-refractivity contribution in [2.75, 3.05) is 42.6 Å². The highest BCUT2D eigenvalue weighted by molar-refractivity contribution is 7.81. The first kappa shape index (κ1) is 22.9. The fourth-order valence-corrected chi connectivity index (χ4v) is 4.12. The van der Waals surface area contributed by atoms with Crippen LogP contribution in [0.5, 0.6) is 0 Å². The van der Waals surface area contributed by atoms with Gasteiger partial charge in [0.05, 0.1) is 36.5 Å². The van der Waals surface area contributed by atoms with Gasteiger partial charge in [-0.25, -0.2) is 4.79 Å². The Kier molecular flexibility index (Phi) is 6.74. The van der Waals surface area contributed by atoms with Crippen LogP contribution >= 0.6 is 23.8 Å². The number of nitrogens with zero attached hydrogens (tertiary/aromatic N) is 3. The molecule has 1 atom stereocenters. The van der Waals surface area contributed by atoms with Crippen molar-refractivity contribution in [3.05, 3.63) is 46.5 Å². The predicted octanol–water partition coefficient (Wildman–Crippen LogP) is 2.19. The Morgan fingerprint density at radius 1 is 1.33 bits per heavy atom. The maximum atomic E-state index is 12.5. The summed E-state index contributed by atoms with van der Waals surface area (Å²) in [7, 11) is 0. The topological polar surface area (TPSA) is 112 Å². The van der Waals surface area contributed by atoms with Gasteiger partial charge >= 0.3 is 6.09 Å². The Bertz CT molecular complexity index is 1140. The fraction of sp³-hybridized carbons (Fsp3) is 0.318. The molecule has 11 heteroatoms. The Morgan fingerprint density at radius 2 is 2.15 bits per heavy atom. The van der Waals surface area contributed by atoms with Crippen molar-refractivity contribution in [3.8, 4) is 6.07 Å². The van der Waals surface area contributed by atoms with Gasteiger partial charge in [-0.1, -0.05) is 29.9 Å². The summed E-state index contributed by atoms with van der Waals surface area (Å²) in [6, 6.07) is 6.91. The van der Waals surface area contributed by atoms with E-state index in [1.54, 1.807) is 24.3 Å². The average Bonchev–Trinajstić information content (AvgIpc) is 3.19. The number of carbonyl (C=O) groups is 3. The Morgan fingerprint density at radius 3 is 2.91 bits per heavy atom. The lowest BCUT2D eigenvalue weighted by molar-refractivity contribution is -0.125. The molecule has 1 aromatic rings. The van der Waals surface area contributed by atoms with E-state index in [1.807, 2.05) is 0 Å². The molecule has 0 aromatic heterocycles. The van der Waals surface area contributed by atoms with Crippen molar-refractivity contribution in [1.82, 2.24) is 5.32 Å². The standard InChI is InChI=1S/C22H19ClN4O5S/c23-14-1-4-19(33)17(8-14)21(29)25-10-16-11-27(22(30)32-16)15-2-3-18(13(7-15)9-24)26-5-6-31-12-20(26)28/h1-3,7-8,16H,4-6,10-12H2,(H,25,29). The molecule has 9 nitrogen and oxygen atoms in total. The van der Waals surface area contributed by atoms with Crippen molar-refractivity contribution >= 4 is 58.0 Å². The first-order chi connectivity index (χ1) is 15.9. The minimum atomic E-state index is -0.591. The van der Waals surface area contributed by atoms with Crippen LogP contribution in [0, 0.1) is 11.3 Å². The summed E-state index contributed by atoms with van der Waals surface area (Å²) < 4.78 is 10.5. The normalized spacial score (nSPS) is 20.7. The summed E-state index contributed by atoms with van der Waals surface area (Å²) in [5, 5.41) is 12.8. The molecule has 2 heterocycles. The molecule has 0 radical (unpaired) electrons. The van der Waals surface area contributed by atoms with Crippen LogP contribution in [-0.4, -0.2) is 61.7 Å². The molecular formula is C22H19ClN4O5S. The number of rotatable bonds is 5. The van der Waals surface area contributed by atoms with Crippen LogP contribution in [0.2, 0.25) is 0 Å². The zero-order chi connectivity index (χ0) is 23.5. The van der Waals surface area contributed by atoms with Gasteiger partial charge in [-0.15, -0.1) is 0 Å². The summed E-state index contributed by atoms with van der Waals surface area (Å²) in [6.07, 6.45) is 2.49. The zero-order valence-corrected chi connectivity index (χ0v) is 18.9. The molecule has 2 saturated heterocycles. The van der Waals surface area contributed by atoms with E-state index < -0.39 is 12.2 Å². The first-order valence-electron chi connectivity index (χ1n) is 10.2. The fourth-order valence-electron chi connectivity index (χ4n) is 3.70. The van der Waals surface area contributed by atoms with E-state index in [9.17, 15) is 19.6 Å². The van der Waals surface area contributed by atoms with Gasteiger partial charge in [0.15, 0.2) is 0 Å². The van der Waals surface area contributed by atoms with Crippen LogP contribution in [0.15, 0.2) is 41.0 Å². The number of halogens is 1. The molecule has 2 fully saturated rings. The van der Waals surface area contributed by atoms with Gasteiger partial charge in [0, 0.05) is 28.5 Å². The monoisotopic (exact) mass is 486 g/mol. The van der Waals surface area contributed by atoms with Crippen molar-refractivity contribution in [2.24, 2.45) is 0 Å². The minimum absolute atomic E-state index is 0.0391.